The van der Waals surface area contributed by atoms with Crippen LogP contribution < -0.4 is 10.6 Å². The molecule has 2 N–H and O–H groups in total. The van der Waals surface area contributed by atoms with Gasteiger partial charge in [0.05, 0.1) is 6.61 Å². The molecule has 0 radical (unpaired) electrons. The van der Waals surface area contributed by atoms with Crippen molar-refractivity contribution in [1.29, 1.82) is 0 Å². The zero-order valence-corrected chi connectivity index (χ0v) is 10.3. The first-order valence-corrected chi connectivity index (χ1v) is 5.61. The summed E-state index contributed by atoms with van der Waals surface area (Å²) in [5, 5.41) is 6.62. The lowest BCUT2D eigenvalue weighted by atomic mass is 10.3. The van der Waals surface area contributed by atoms with Gasteiger partial charge in [-0.05, 0) is 31.5 Å². The molecule has 16 heavy (non-hydrogen) atoms. The first-order valence-electron chi connectivity index (χ1n) is 5.61. The van der Waals surface area contributed by atoms with Crippen LogP contribution in [0.1, 0.15) is 12.5 Å². The molecule has 1 heterocycles. The Balaban J connectivity index is 2.16. The monoisotopic (exact) mass is 223 g/mol. The smallest absolute Gasteiger partial charge is 0.126 e. The van der Waals surface area contributed by atoms with E-state index in [4.69, 9.17) is 4.74 Å². The van der Waals surface area contributed by atoms with Crippen LogP contribution in [0.15, 0.2) is 18.3 Å². The van der Waals surface area contributed by atoms with Crippen molar-refractivity contribution in [1.82, 2.24) is 10.3 Å². The van der Waals surface area contributed by atoms with Gasteiger partial charge >= 0.3 is 0 Å². The normalized spacial score (nSPS) is 12.4. The summed E-state index contributed by atoms with van der Waals surface area (Å²) in [6.45, 7) is 6.67. The van der Waals surface area contributed by atoms with Crippen molar-refractivity contribution in [2.24, 2.45) is 0 Å². The molecule has 0 amide bonds. The van der Waals surface area contributed by atoms with Crippen LogP contribution in [0.25, 0.3) is 0 Å². The molecule has 0 bridgehead atoms. The summed E-state index contributed by atoms with van der Waals surface area (Å²) < 4.78 is 5.04. The van der Waals surface area contributed by atoms with Gasteiger partial charge in [-0.15, -0.1) is 0 Å². The molecule has 90 valence electrons. The number of nitrogens with one attached hydrogen (secondary N) is 2. The first-order chi connectivity index (χ1) is 7.72. The molecule has 4 nitrogen and oxygen atoms in total. The molecule has 1 atom stereocenters. The predicted molar refractivity (Wildman–Crippen MR) is 66.8 cm³/mol. The lowest BCUT2D eigenvalue weighted by Gasteiger charge is -2.13. The van der Waals surface area contributed by atoms with Gasteiger partial charge in [-0.3, -0.25) is 0 Å². The second kappa shape index (κ2) is 7.19. The third-order valence-electron chi connectivity index (χ3n) is 2.26. The van der Waals surface area contributed by atoms with Crippen molar-refractivity contribution in [2.75, 3.05) is 32.1 Å². The van der Waals surface area contributed by atoms with Gasteiger partial charge in [0.2, 0.25) is 0 Å². The fraction of sp³-hybridized carbons (Fsp3) is 0.583. The van der Waals surface area contributed by atoms with Gasteiger partial charge in [0, 0.05) is 32.4 Å². The summed E-state index contributed by atoms with van der Waals surface area (Å²) in [6.07, 6.45) is 1.82. The first kappa shape index (κ1) is 12.9. The predicted octanol–water partition coefficient (Wildman–Crippen LogP) is 1.43. The molecule has 1 rings (SSSR count). The zero-order chi connectivity index (χ0) is 11.8. The minimum Gasteiger partial charge on any atom is -0.383 e. The van der Waals surface area contributed by atoms with Crippen molar-refractivity contribution < 1.29 is 4.74 Å². The Bertz CT molecular complexity index is 304. The topological polar surface area (TPSA) is 46.2 Å². The third kappa shape index (κ3) is 5.09. The van der Waals surface area contributed by atoms with Crippen molar-refractivity contribution in [3.8, 4) is 0 Å². The number of anilines is 1. The number of aromatic nitrogens is 1. The molecule has 0 saturated carbocycles. The van der Waals surface area contributed by atoms with Gasteiger partial charge in [0.25, 0.3) is 0 Å². The molecular weight excluding hydrogens is 202 g/mol. The molecule has 0 saturated heterocycles. The maximum absolute atomic E-state index is 5.04. The quantitative estimate of drug-likeness (QED) is 0.686. The van der Waals surface area contributed by atoms with Crippen LogP contribution in [0.4, 0.5) is 5.82 Å². The molecule has 0 aromatic carbocycles. The standard InChI is InChI=1S/C12H21N3O/c1-10-4-5-14-12(8-10)15-7-6-13-11(2)9-16-3/h4-5,8,11,13H,6-7,9H2,1-3H3,(H,14,15)/t11-/m1/s1. The van der Waals surface area contributed by atoms with E-state index in [9.17, 15) is 0 Å². The maximum atomic E-state index is 5.04. The van der Waals surface area contributed by atoms with Crippen molar-refractivity contribution in [3.63, 3.8) is 0 Å². The van der Waals surface area contributed by atoms with E-state index in [-0.39, 0.29) is 0 Å². The Labute approximate surface area is 97.4 Å². The van der Waals surface area contributed by atoms with E-state index in [2.05, 4.69) is 29.5 Å². The van der Waals surface area contributed by atoms with Crippen LogP contribution in [0.2, 0.25) is 0 Å². The number of hydrogen-bond acceptors (Lipinski definition) is 4. The minimum absolute atomic E-state index is 0.386. The van der Waals surface area contributed by atoms with Crippen LogP contribution in [-0.2, 0) is 4.74 Å². The van der Waals surface area contributed by atoms with Gasteiger partial charge in [-0.1, -0.05) is 0 Å². The maximum Gasteiger partial charge on any atom is 0.126 e. The number of hydrogen-bond donors (Lipinski definition) is 2. The highest BCUT2D eigenvalue weighted by Gasteiger charge is 1.99. The van der Waals surface area contributed by atoms with Crippen molar-refractivity contribution in [3.05, 3.63) is 23.9 Å². The summed E-state index contributed by atoms with van der Waals surface area (Å²) in [4.78, 5) is 4.23. The molecule has 0 aliphatic rings. The van der Waals surface area contributed by atoms with Crippen LogP contribution in [0.3, 0.4) is 0 Å². The molecule has 0 aliphatic heterocycles. The molecule has 0 fully saturated rings. The second-order valence-electron chi connectivity index (χ2n) is 3.96. The van der Waals surface area contributed by atoms with Gasteiger partial charge < -0.3 is 15.4 Å². The van der Waals surface area contributed by atoms with E-state index in [1.165, 1.54) is 5.56 Å². The number of methoxy groups -OCH3 is 1. The molecule has 1 aromatic rings. The van der Waals surface area contributed by atoms with E-state index in [0.29, 0.717) is 6.04 Å². The van der Waals surface area contributed by atoms with Crippen molar-refractivity contribution in [2.45, 2.75) is 19.9 Å². The molecule has 0 aliphatic carbocycles. The van der Waals surface area contributed by atoms with Gasteiger partial charge in [-0.25, -0.2) is 4.98 Å². The SMILES string of the molecule is COC[C@@H](C)NCCNc1cc(C)ccn1. The highest BCUT2D eigenvalue weighted by molar-refractivity contribution is 5.36. The number of aryl methyl sites for hydroxylation is 1. The summed E-state index contributed by atoms with van der Waals surface area (Å²) in [6, 6.07) is 4.42. The molecular formula is C12H21N3O. The Kier molecular flexibility index (Phi) is 5.82. The molecule has 1 aromatic heterocycles. The van der Waals surface area contributed by atoms with E-state index in [1.54, 1.807) is 7.11 Å². The molecule has 4 heteroatoms. The molecule has 0 unspecified atom stereocenters. The zero-order valence-electron chi connectivity index (χ0n) is 10.3. The van der Waals surface area contributed by atoms with Crippen molar-refractivity contribution >= 4 is 5.82 Å². The van der Waals surface area contributed by atoms with E-state index in [0.717, 1.165) is 25.5 Å². The fourth-order valence-electron chi connectivity index (χ4n) is 1.45. The summed E-state index contributed by atoms with van der Waals surface area (Å²) in [7, 11) is 1.72. The van der Waals surface area contributed by atoms with Gasteiger partial charge in [0.1, 0.15) is 5.82 Å². The average molecular weight is 223 g/mol. The lowest BCUT2D eigenvalue weighted by molar-refractivity contribution is 0.173. The van der Waals surface area contributed by atoms with E-state index < -0.39 is 0 Å². The van der Waals surface area contributed by atoms with Crippen LogP contribution in [-0.4, -0.2) is 37.8 Å². The van der Waals surface area contributed by atoms with Gasteiger partial charge in [0.15, 0.2) is 0 Å². The number of pyridine rings is 1. The van der Waals surface area contributed by atoms with Crippen LogP contribution in [0, 0.1) is 6.92 Å². The Hall–Kier alpha value is -1.13. The molecule has 0 spiro atoms. The average Bonchev–Trinajstić information content (AvgIpc) is 2.25. The van der Waals surface area contributed by atoms with E-state index >= 15 is 0 Å². The van der Waals surface area contributed by atoms with Crippen LogP contribution >= 0.6 is 0 Å². The Morgan fingerprint density at radius 1 is 1.44 bits per heavy atom. The summed E-state index contributed by atoms with van der Waals surface area (Å²) in [5.41, 5.74) is 1.22. The number of rotatable bonds is 7. The largest absolute Gasteiger partial charge is 0.383 e. The lowest BCUT2D eigenvalue weighted by Crippen LogP contribution is -2.33. The van der Waals surface area contributed by atoms with E-state index in [1.807, 2.05) is 18.3 Å². The van der Waals surface area contributed by atoms with Gasteiger partial charge in [-0.2, -0.15) is 0 Å². The second-order valence-corrected chi connectivity index (χ2v) is 3.96. The van der Waals surface area contributed by atoms with Crippen LogP contribution in [0.5, 0.6) is 0 Å². The fourth-order valence-corrected chi connectivity index (χ4v) is 1.45. The Morgan fingerprint density at radius 3 is 2.94 bits per heavy atom. The number of ether oxygens (including phenoxy) is 1. The highest BCUT2D eigenvalue weighted by atomic mass is 16.5. The summed E-state index contributed by atoms with van der Waals surface area (Å²) in [5.74, 6) is 0.932. The summed E-state index contributed by atoms with van der Waals surface area (Å²) >= 11 is 0. The minimum atomic E-state index is 0.386. The number of nitrogens with zero attached hydrogens (tertiary/aromatic N) is 1. The Morgan fingerprint density at radius 2 is 2.25 bits per heavy atom. The third-order valence-corrected chi connectivity index (χ3v) is 2.26. The highest BCUT2D eigenvalue weighted by Crippen LogP contribution is 2.03.